The van der Waals surface area contributed by atoms with Gasteiger partial charge in [0.15, 0.2) is 0 Å². The number of amides is 1. The van der Waals surface area contributed by atoms with E-state index >= 15 is 0 Å². The van der Waals surface area contributed by atoms with Gasteiger partial charge >= 0.3 is 0 Å². The fourth-order valence-electron chi connectivity index (χ4n) is 2.95. The van der Waals surface area contributed by atoms with Crippen LogP contribution < -0.4 is 10.0 Å². The average Bonchev–Trinajstić information content (AvgIpc) is 3.44. The lowest BCUT2D eigenvalue weighted by Gasteiger charge is -2.19. The first-order valence-corrected chi connectivity index (χ1v) is 10.3. The van der Waals surface area contributed by atoms with Crippen LogP contribution in [0.25, 0.3) is 0 Å². The third-order valence-corrected chi connectivity index (χ3v) is 6.03. The minimum atomic E-state index is -3.55. The van der Waals surface area contributed by atoms with E-state index in [2.05, 4.69) is 10.0 Å². The minimum Gasteiger partial charge on any atom is -0.345 e. The zero-order valence-electron chi connectivity index (χ0n) is 15.0. The van der Waals surface area contributed by atoms with Crippen LogP contribution in [0.4, 0.5) is 0 Å². The molecule has 0 bridgehead atoms. The Morgan fingerprint density at radius 2 is 1.62 bits per heavy atom. The van der Waals surface area contributed by atoms with Gasteiger partial charge in [-0.05, 0) is 62.4 Å². The van der Waals surface area contributed by atoms with Crippen molar-refractivity contribution in [2.45, 2.75) is 43.7 Å². The second kappa shape index (κ2) is 7.60. The van der Waals surface area contributed by atoms with Crippen LogP contribution in [0.2, 0.25) is 0 Å². The first-order chi connectivity index (χ1) is 12.4. The quantitative estimate of drug-likeness (QED) is 0.783. The molecule has 0 aromatic heterocycles. The Morgan fingerprint density at radius 1 is 1.00 bits per heavy atom. The molecule has 2 aromatic rings. The van der Waals surface area contributed by atoms with Crippen LogP contribution in [0, 0.1) is 5.92 Å². The molecule has 1 unspecified atom stereocenters. The number of sulfonamides is 1. The molecule has 1 fully saturated rings. The van der Waals surface area contributed by atoms with Crippen molar-refractivity contribution in [1.82, 2.24) is 10.0 Å². The molecular formula is C20H24N2O3S. The van der Waals surface area contributed by atoms with Crippen molar-refractivity contribution in [3.05, 3.63) is 65.7 Å². The van der Waals surface area contributed by atoms with Crippen molar-refractivity contribution in [3.63, 3.8) is 0 Å². The first kappa shape index (κ1) is 18.6. The summed E-state index contributed by atoms with van der Waals surface area (Å²) in [5.41, 5.74) is 1.55. The molecule has 0 radical (unpaired) electrons. The van der Waals surface area contributed by atoms with Crippen LogP contribution in [-0.2, 0) is 10.0 Å². The molecule has 1 aliphatic carbocycles. The van der Waals surface area contributed by atoms with Crippen LogP contribution in [0.3, 0.4) is 0 Å². The lowest BCUT2D eigenvalue weighted by Crippen LogP contribution is -2.31. The summed E-state index contributed by atoms with van der Waals surface area (Å²) in [4.78, 5) is 12.8. The van der Waals surface area contributed by atoms with Crippen LogP contribution in [0.5, 0.6) is 0 Å². The standard InChI is InChI=1S/C20H24N2O3S/c1-14(2)22-26(24,25)18-12-10-17(11-13-18)20(23)21-19(16-8-9-16)15-6-4-3-5-7-15/h3-7,10-14,16,19,22H,8-9H2,1-2H3,(H,21,23). The second-order valence-electron chi connectivity index (χ2n) is 7.00. The SMILES string of the molecule is CC(C)NS(=O)(=O)c1ccc(C(=O)NC(c2ccccc2)C2CC2)cc1. The van der Waals surface area contributed by atoms with Crippen LogP contribution in [0.15, 0.2) is 59.5 Å². The Morgan fingerprint density at radius 3 is 2.15 bits per heavy atom. The van der Waals surface area contributed by atoms with Gasteiger partial charge in [-0.1, -0.05) is 30.3 Å². The summed E-state index contributed by atoms with van der Waals surface area (Å²) in [6, 6.07) is 15.8. The molecule has 26 heavy (non-hydrogen) atoms. The van der Waals surface area contributed by atoms with E-state index in [4.69, 9.17) is 0 Å². The van der Waals surface area contributed by atoms with E-state index in [0.29, 0.717) is 11.5 Å². The summed E-state index contributed by atoms with van der Waals surface area (Å²) in [6.07, 6.45) is 2.22. The maximum atomic E-state index is 12.6. The highest BCUT2D eigenvalue weighted by Gasteiger charge is 2.33. The second-order valence-corrected chi connectivity index (χ2v) is 8.71. The summed E-state index contributed by atoms with van der Waals surface area (Å²) in [6.45, 7) is 3.53. The zero-order chi connectivity index (χ0) is 18.7. The fourth-order valence-corrected chi connectivity index (χ4v) is 4.20. The molecular weight excluding hydrogens is 348 g/mol. The van der Waals surface area contributed by atoms with Gasteiger partial charge in [0.1, 0.15) is 0 Å². The van der Waals surface area contributed by atoms with Gasteiger partial charge in [0.25, 0.3) is 5.91 Å². The van der Waals surface area contributed by atoms with Crippen molar-refractivity contribution in [2.24, 2.45) is 5.92 Å². The highest BCUT2D eigenvalue weighted by atomic mass is 32.2. The van der Waals surface area contributed by atoms with Gasteiger partial charge in [-0.25, -0.2) is 13.1 Å². The van der Waals surface area contributed by atoms with Crippen LogP contribution in [0.1, 0.15) is 48.7 Å². The molecule has 0 heterocycles. The van der Waals surface area contributed by atoms with Crippen molar-refractivity contribution < 1.29 is 13.2 Å². The van der Waals surface area contributed by atoms with E-state index in [1.54, 1.807) is 26.0 Å². The molecule has 1 saturated carbocycles. The van der Waals surface area contributed by atoms with Crippen LogP contribution in [-0.4, -0.2) is 20.4 Å². The third kappa shape index (κ3) is 4.51. The molecule has 1 aliphatic rings. The van der Waals surface area contributed by atoms with Gasteiger partial charge in [-0.2, -0.15) is 0 Å². The number of carbonyl (C=O) groups is 1. The van der Waals surface area contributed by atoms with Gasteiger partial charge < -0.3 is 5.32 Å². The molecule has 0 saturated heterocycles. The maximum absolute atomic E-state index is 12.6. The van der Waals surface area contributed by atoms with Gasteiger partial charge in [0, 0.05) is 11.6 Å². The number of hydrogen-bond donors (Lipinski definition) is 2. The average molecular weight is 372 g/mol. The molecule has 5 nitrogen and oxygen atoms in total. The molecule has 138 valence electrons. The maximum Gasteiger partial charge on any atom is 0.251 e. The van der Waals surface area contributed by atoms with Crippen molar-refractivity contribution in [3.8, 4) is 0 Å². The van der Waals surface area contributed by atoms with Gasteiger partial charge in [0.05, 0.1) is 10.9 Å². The summed E-state index contributed by atoms with van der Waals surface area (Å²) in [5.74, 6) is 0.280. The Hall–Kier alpha value is -2.18. The smallest absolute Gasteiger partial charge is 0.251 e. The number of carbonyl (C=O) groups excluding carboxylic acids is 1. The van der Waals surface area contributed by atoms with Crippen molar-refractivity contribution in [2.75, 3.05) is 0 Å². The predicted octanol–water partition coefficient (Wildman–Crippen LogP) is 3.25. The lowest BCUT2D eigenvalue weighted by atomic mass is 10.0. The number of benzene rings is 2. The Labute approximate surface area is 154 Å². The molecule has 1 amide bonds. The minimum absolute atomic E-state index is 0.00489. The molecule has 2 N–H and O–H groups in total. The third-order valence-electron chi connectivity index (χ3n) is 4.36. The first-order valence-electron chi connectivity index (χ1n) is 8.85. The fraction of sp³-hybridized carbons (Fsp3) is 0.350. The molecule has 0 aliphatic heterocycles. The molecule has 0 spiro atoms. The Balaban J connectivity index is 1.74. The van der Waals surface area contributed by atoms with Crippen LogP contribution >= 0.6 is 0 Å². The Bertz CT molecular complexity index is 858. The Kier molecular flexibility index (Phi) is 5.44. The molecule has 2 aromatic carbocycles. The number of rotatable bonds is 7. The summed E-state index contributed by atoms with van der Waals surface area (Å²) in [7, 11) is -3.55. The van der Waals surface area contributed by atoms with Crippen molar-refractivity contribution >= 4 is 15.9 Å². The molecule has 6 heteroatoms. The monoisotopic (exact) mass is 372 g/mol. The van der Waals surface area contributed by atoms with Gasteiger partial charge in [-0.3, -0.25) is 4.79 Å². The summed E-state index contributed by atoms with van der Waals surface area (Å²) >= 11 is 0. The highest BCUT2D eigenvalue weighted by Crippen LogP contribution is 2.41. The van der Waals surface area contributed by atoms with Crippen molar-refractivity contribution in [1.29, 1.82) is 0 Å². The summed E-state index contributed by atoms with van der Waals surface area (Å²) < 4.78 is 26.9. The van der Waals surface area contributed by atoms with Gasteiger partial charge in [-0.15, -0.1) is 0 Å². The number of nitrogens with one attached hydrogen (secondary N) is 2. The van der Waals surface area contributed by atoms with E-state index < -0.39 is 10.0 Å². The largest absolute Gasteiger partial charge is 0.345 e. The van der Waals surface area contributed by atoms with E-state index in [0.717, 1.165) is 18.4 Å². The topological polar surface area (TPSA) is 75.3 Å². The van der Waals surface area contributed by atoms with E-state index in [-0.39, 0.29) is 22.9 Å². The normalized spacial score (nSPS) is 15.7. The van der Waals surface area contributed by atoms with Gasteiger partial charge in [0.2, 0.25) is 10.0 Å². The zero-order valence-corrected chi connectivity index (χ0v) is 15.8. The van der Waals surface area contributed by atoms with E-state index in [1.165, 1.54) is 12.1 Å². The highest BCUT2D eigenvalue weighted by molar-refractivity contribution is 7.89. The lowest BCUT2D eigenvalue weighted by molar-refractivity contribution is 0.0931. The van der Waals surface area contributed by atoms with E-state index in [9.17, 15) is 13.2 Å². The molecule has 1 atom stereocenters. The number of hydrogen-bond acceptors (Lipinski definition) is 3. The summed E-state index contributed by atoms with van der Waals surface area (Å²) in [5, 5.41) is 3.10. The predicted molar refractivity (Wildman–Crippen MR) is 101 cm³/mol. The van der Waals surface area contributed by atoms with E-state index in [1.807, 2.05) is 30.3 Å². The molecule has 3 rings (SSSR count).